The van der Waals surface area contributed by atoms with Gasteiger partial charge in [0.25, 0.3) is 0 Å². The molecule has 0 aromatic heterocycles. The summed E-state index contributed by atoms with van der Waals surface area (Å²) in [6.07, 6.45) is 6.59. The van der Waals surface area contributed by atoms with Crippen molar-refractivity contribution >= 4 is 11.6 Å². The van der Waals surface area contributed by atoms with Crippen LogP contribution in [-0.2, 0) is 6.42 Å². The summed E-state index contributed by atoms with van der Waals surface area (Å²) in [5.74, 6) is 1.10. The van der Waals surface area contributed by atoms with E-state index in [0.29, 0.717) is 11.8 Å². The zero-order valence-electron chi connectivity index (χ0n) is 11.4. The number of rotatable bonds is 3. The smallest absolute Gasteiger partial charge is 0.0189 e. The number of aryl methyl sites for hydroxylation is 1. The first-order valence-electron chi connectivity index (χ1n) is 6.68. The molecule has 2 unspecified atom stereocenters. The second kappa shape index (κ2) is 5.75. The average Bonchev–Trinajstić information content (AvgIpc) is 2.27. The molecule has 0 saturated heterocycles. The van der Waals surface area contributed by atoms with Crippen LogP contribution >= 0.6 is 11.6 Å². The van der Waals surface area contributed by atoms with Crippen LogP contribution in [0.25, 0.3) is 0 Å². The third kappa shape index (κ3) is 3.49. The van der Waals surface area contributed by atoms with Crippen molar-refractivity contribution in [2.24, 2.45) is 11.8 Å². The van der Waals surface area contributed by atoms with E-state index >= 15 is 0 Å². The van der Waals surface area contributed by atoms with Crippen LogP contribution < -0.4 is 0 Å². The lowest BCUT2D eigenvalue weighted by atomic mass is 9.87. The molecule has 0 spiro atoms. The van der Waals surface area contributed by atoms with E-state index in [0.717, 1.165) is 17.9 Å². The van der Waals surface area contributed by atoms with Gasteiger partial charge < -0.3 is 0 Å². The van der Waals surface area contributed by atoms with Gasteiger partial charge in [-0.25, -0.2) is 0 Å². The predicted molar refractivity (Wildman–Crippen MR) is 79.8 cm³/mol. The first kappa shape index (κ1) is 13.4. The van der Waals surface area contributed by atoms with Gasteiger partial charge in [-0.2, -0.15) is 0 Å². The molecule has 18 heavy (non-hydrogen) atoms. The second-order valence-electron chi connectivity index (χ2n) is 5.53. The first-order valence-corrected chi connectivity index (χ1v) is 7.05. The van der Waals surface area contributed by atoms with Gasteiger partial charge in [-0.05, 0) is 48.8 Å². The molecular weight excluding hydrogens is 240 g/mol. The van der Waals surface area contributed by atoms with E-state index in [-0.39, 0.29) is 0 Å². The van der Waals surface area contributed by atoms with Gasteiger partial charge in [-0.1, -0.05) is 61.4 Å². The van der Waals surface area contributed by atoms with Crippen LogP contribution in [-0.4, -0.2) is 0 Å². The summed E-state index contributed by atoms with van der Waals surface area (Å²) in [5.41, 5.74) is 4.13. The maximum atomic E-state index is 6.20. The number of allylic oxidation sites excluding steroid dienone is 4. The minimum Gasteiger partial charge on any atom is -0.0891 e. The van der Waals surface area contributed by atoms with E-state index in [1.54, 1.807) is 0 Å². The molecule has 0 nitrogen and oxygen atoms in total. The van der Waals surface area contributed by atoms with Crippen molar-refractivity contribution in [3.8, 4) is 0 Å². The van der Waals surface area contributed by atoms with Crippen molar-refractivity contribution in [2.45, 2.75) is 33.6 Å². The molecule has 2 atom stereocenters. The minimum absolute atomic E-state index is 0.531. The van der Waals surface area contributed by atoms with Crippen LogP contribution in [0.5, 0.6) is 0 Å². The van der Waals surface area contributed by atoms with Crippen molar-refractivity contribution < 1.29 is 0 Å². The Bertz CT molecular complexity index is 482. The highest BCUT2D eigenvalue weighted by molar-refractivity contribution is 6.29. The van der Waals surface area contributed by atoms with Crippen LogP contribution in [0.4, 0.5) is 0 Å². The Morgan fingerprint density at radius 2 is 2.17 bits per heavy atom. The van der Waals surface area contributed by atoms with Crippen LogP contribution in [0, 0.1) is 18.8 Å². The van der Waals surface area contributed by atoms with Crippen LogP contribution in [0.1, 0.15) is 31.4 Å². The summed E-state index contributed by atoms with van der Waals surface area (Å²) in [4.78, 5) is 0. The summed E-state index contributed by atoms with van der Waals surface area (Å²) in [5, 5.41) is 0.996. The van der Waals surface area contributed by atoms with Crippen molar-refractivity contribution in [2.75, 3.05) is 0 Å². The summed E-state index contributed by atoms with van der Waals surface area (Å²) in [6, 6.07) is 8.77. The molecule has 0 saturated carbocycles. The molecule has 0 fully saturated rings. The molecule has 0 bridgehead atoms. The molecule has 0 radical (unpaired) electrons. The van der Waals surface area contributed by atoms with Gasteiger partial charge >= 0.3 is 0 Å². The van der Waals surface area contributed by atoms with Gasteiger partial charge in [0.1, 0.15) is 0 Å². The van der Waals surface area contributed by atoms with Gasteiger partial charge in [0, 0.05) is 5.03 Å². The summed E-state index contributed by atoms with van der Waals surface area (Å²) < 4.78 is 0. The Labute approximate surface area is 115 Å². The molecule has 0 heterocycles. The molecule has 1 aromatic carbocycles. The molecule has 96 valence electrons. The maximum Gasteiger partial charge on any atom is 0.0189 e. The Morgan fingerprint density at radius 1 is 1.39 bits per heavy atom. The maximum absolute atomic E-state index is 6.20. The fourth-order valence-electron chi connectivity index (χ4n) is 2.60. The lowest BCUT2D eigenvalue weighted by Gasteiger charge is -2.20. The van der Waals surface area contributed by atoms with E-state index < -0.39 is 0 Å². The predicted octanol–water partition coefficient (Wildman–Crippen LogP) is 5.26. The largest absolute Gasteiger partial charge is 0.0891 e. The number of hydrogen-bond acceptors (Lipinski definition) is 0. The van der Waals surface area contributed by atoms with E-state index in [1.807, 2.05) is 0 Å². The summed E-state index contributed by atoms with van der Waals surface area (Å²) in [7, 11) is 0. The zero-order chi connectivity index (χ0) is 13.1. The van der Waals surface area contributed by atoms with Crippen molar-refractivity contribution in [3.63, 3.8) is 0 Å². The van der Waals surface area contributed by atoms with Crippen LogP contribution in [0.2, 0.25) is 0 Å². The highest BCUT2D eigenvalue weighted by Gasteiger charge is 2.15. The minimum atomic E-state index is 0.531. The highest BCUT2D eigenvalue weighted by Crippen LogP contribution is 2.30. The Balaban J connectivity index is 2.10. The Morgan fingerprint density at radius 3 is 2.83 bits per heavy atom. The molecule has 1 heteroatoms. The number of halogens is 1. The fraction of sp³-hybridized carbons (Fsp3) is 0.412. The number of benzene rings is 1. The molecule has 0 aliphatic heterocycles. The molecule has 1 aromatic rings. The van der Waals surface area contributed by atoms with E-state index in [9.17, 15) is 0 Å². The standard InChI is InChI=1S/C17H21Cl/c1-12-5-4-6-15(7-12)10-14(3)16-8-13(2)9-17(18)11-16/h4-8,11,13-14H,9-10H2,1-3H3. The molecule has 1 aliphatic carbocycles. The van der Waals surface area contributed by atoms with Crippen LogP contribution in [0.3, 0.4) is 0 Å². The van der Waals surface area contributed by atoms with Crippen LogP contribution in [0.15, 0.2) is 47.0 Å². The van der Waals surface area contributed by atoms with Gasteiger partial charge in [0.05, 0.1) is 0 Å². The highest BCUT2D eigenvalue weighted by atomic mass is 35.5. The first-order chi connectivity index (χ1) is 8.54. The summed E-state index contributed by atoms with van der Waals surface area (Å²) in [6.45, 7) is 6.66. The van der Waals surface area contributed by atoms with Gasteiger partial charge in [-0.3, -0.25) is 0 Å². The van der Waals surface area contributed by atoms with Crippen molar-refractivity contribution in [1.82, 2.24) is 0 Å². The second-order valence-corrected chi connectivity index (χ2v) is 6.02. The molecule has 0 amide bonds. The molecule has 0 N–H and O–H groups in total. The zero-order valence-corrected chi connectivity index (χ0v) is 12.2. The number of hydrogen-bond donors (Lipinski definition) is 0. The van der Waals surface area contributed by atoms with Crippen molar-refractivity contribution in [1.29, 1.82) is 0 Å². The van der Waals surface area contributed by atoms with Gasteiger partial charge in [0.2, 0.25) is 0 Å². The lowest BCUT2D eigenvalue weighted by Crippen LogP contribution is -2.08. The Hall–Kier alpha value is -1.01. The normalized spacial score (nSPS) is 21.2. The van der Waals surface area contributed by atoms with E-state index in [1.165, 1.54) is 16.7 Å². The third-order valence-electron chi connectivity index (χ3n) is 3.51. The SMILES string of the molecule is Cc1cccc(CC(C)C2=CC(C)CC(Cl)=C2)c1. The van der Waals surface area contributed by atoms with E-state index in [4.69, 9.17) is 11.6 Å². The molecule has 2 rings (SSSR count). The summed E-state index contributed by atoms with van der Waals surface area (Å²) >= 11 is 6.20. The average molecular weight is 261 g/mol. The molecule has 1 aliphatic rings. The lowest BCUT2D eigenvalue weighted by molar-refractivity contribution is 0.646. The Kier molecular flexibility index (Phi) is 4.29. The van der Waals surface area contributed by atoms with Gasteiger partial charge in [0.15, 0.2) is 0 Å². The van der Waals surface area contributed by atoms with Gasteiger partial charge in [-0.15, -0.1) is 0 Å². The topological polar surface area (TPSA) is 0 Å². The molecular formula is C17H21Cl. The van der Waals surface area contributed by atoms with Crippen molar-refractivity contribution in [3.05, 3.63) is 58.1 Å². The monoisotopic (exact) mass is 260 g/mol. The quantitative estimate of drug-likeness (QED) is 0.695. The third-order valence-corrected chi connectivity index (χ3v) is 3.77. The van der Waals surface area contributed by atoms with E-state index in [2.05, 4.69) is 57.2 Å². The fourth-order valence-corrected chi connectivity index (χ4v) is 2.97.